The highest BCUT2D eigenvalue weighted by Crippen LogP contribution is 2.20. The lowest BCUT2D eigenvalue weighted by Crippen LogP contribution is -2.25. The van der Waals surface area contributed by atoms with Crippen LogP contribution in [0.3, 0.4) is 0 Å². The minimum atomic E-state index is 0.183. The molecule has 2 heterocycles. The van der Waals surface area contributed by atoms with Crippen molar-refractivity contribution in [3.05, 3.63) is 18.5 Å². The standard InChI is InChI=1S/C9H12N4O/c1-6(4-10)13-9-7-5-12-14-8(7)2-3-11-9/h2-3,5-6H,4,10H2,1H3,(H,11,13). The fourth-order valence-corrected chi connectivity index (χ4v) is 1.20. The van der Waals surface area contributed by atoms with Crippen molar-refractivity contribution in [1.82, 2.24) is 10.1 Å². The van der Waals surface area contributed by atoms with E-state index in [1.165, 1.54) is 0 Å². The molecule has 0 aliphatic heterocycles. The topological polar surface area (TPSA) is 77.0 Å². The number of nitrogens with two attached hydrogens (primary N) is 1. The molecule has 0 aromatic carbocycles. The molecule has 0 saturated carbocycles. The molecule has 0 bridgehead atoms. The minimum Gasteiger partial charge on any atom is -0.366 e. The second-order valence-corrected chi connectivity index (χ2v) is 3.18. The zero-order valence-electron chi connectivity index (χ0n) is 7.90. The molecule has 0 saturated heterocycles. The molecule has 0 aliphatic rings. The molecule has 0 aliphatic carbocycles. The molecule has 5 heteroatoms. The van der Waals surface area contributed by atoms with Crippen LogP contribution < -0.4 is 11.1 Å². The van der Waals surface area contributed by atoms with Crippen LogP contribution in [0.5, 0.6) is 0 Å². The van der Waals surface area contributed by atoms with Gasteiger partial charge in [-0.25, -0.2) is 4.98 Å². The van der Waals surface area contributed by atoms with Crippen LogP contribution in [-0.4, -0.2) is 22.7 Å². The van der Waals surface area contributed by atoms with Crippen molar-refractivity contribution < 1.29 is 4.52 Å². The second kappa shape index (κ2) is 3.63. The fraction of sp³-hybridized carbons (Fsp3) is 0.333. The summed E-state index contributed by atoms with van der Waals surface area (Å²) < 4.78 is 5.01. The SMILES string of the molecule is CC(CN)Nc1nccc2oncc12. The zero-order chi connectivity index (χ0) is 9.97. The first-order chi connectivity index (χ1) is 6.81. The van der Waals surface area contributed by atoms with E-state index < -0.39 is 0 Å². The third kappa shape index (κ3) is 1.54. The summed E-state index contributed by atoms with van der Waals surface area (Å²) in [5.74, 6) is 0.765. The number of aromatic nitrogens is 2. The molecule has 3 N–H and O–H groups in total. The monoisotopic (exact) mass is 192 g/mol. The van der Waals surface area contributed by atoms with Gasteiger partial charge < -0.3 is 15.6 Å². The van der Waals surface area contributed by atoms with Crippen LogP contribution >= 0.6 is 0 Å². The number of fused-ring (bicyclic) bond motifs is 1. The van der Waals surface area contributed by atoms with Gasteiger partial charge in [0, 0.05) is 24.8 Å². The number of nitrogens with zero attached hydrogens (tertiary/aromatic N) is 2. The maximum Gasteiger partial charge on any atom is 0.172 e. The molecule has 0 spiro atoms. The maximum atomic E-state index is 5.51. The number of hydrogen-bond donors (Lipinski definition) is 2. The number of hydrogen-bond acceptors (Lipinski definition) is 5. The van der Waals surface area contributed by atoms with Gasteiger partial charge in [-0.15, -0.1) is 0 Å². The van der Waals surface area contributed by atoms with Gasteiger partial charge in [-0.1, -0.05) is 5.16 Å². The Morgan fingerprint density at radius 3 is 3.29 bits per heavy atom. The van der Waals surface area contributed by atoms with Gasteiger partial charge in [0.2, 0.25) is 0 Å². The van der Waals surface area contributed by atoms with Gasteiger partial charge in [0.1, 0.15) is 5.82 Å². The van der Waals surface area contributed by atoms with E-state index in [9.17, 15) is 0 Å². The van der Waals surface area contributed by atoms with E-state index >= 15 is 0 Å². The first kappa shape index (κ1) is 8.96. The summed E-state index contributed by atoms with van der Waals surface area (Å²) >= 11 is 0. The highest BCUT2D eigenvalue weighted by molar-refractivity contribution is 5.86. The highest BCUT2D eigenvalue weighted by atomic mass is 16.5. The van der Waals surface area contributed by atoms with Gasteiger partial charge in [0.15, 0.2) is 5.58 Å². The number of nitrogens with one attached hydrogen (secondary N) is 1. The Kier molecular flexibility index (Phi) is 2.32. The third-order valence-corrected chi connectivity index (χ3v) is 2.02. The molecule has 0 radical (unpaired) electrons. The lowest BCUT2D eigenvalue weighted by Gasteiger charge is -2.11. The van der Waals surface area contributed by atoms with E-state index in [2.05, 4.69) is 15.5 Å². The van der Waals surface area contributed by atoms with Crippen molar-refractivity contribution in [3.8, 4) is 0 Å². The van der Waals surface area contributed by atoms with Crippen molar-refractivity contribution >= 4 is 16.8 Å². The molecular weight excluding hydrogens is 180 g/mol. The molecular formula is C9H12N4O. The summed E-state index contributed by atoms with van der Waals surface area (Å²) in [6.07, 6.45) is 3.33. The van der Waals surface area contributed by atoms with E-state index in [1.807, 2.05) is 6.92 Å². The summed E-state index contributed by atoms with van der Waals surface area (Å²) in [6, 6.07) is 1.96. The van der Waals surface area contributed by atoms with Crippen molar-refractivity contribution in [2.75, 3.05) is 11.9 Å². The van der Waals surface area contributed by atoms with Gasteiger partial charge in [-0.05, 0) is 6.92 Å². The molecule has 1 unspecified atom stereocenters. The van der Waals surface area contributed by atoms with Crippen LogP contribution in [0.25, 0.3) is 11.0 Å². The van der Waals surface area contributed by atoms with Crippen molar-refractivity contribution in [2.24, 2.45) is 5.73 Å². The molecule has 74 valence electrons. The summed E-state index contributed by atoms with van der Waals surface area (Å²) in [7, 11) is 0. The molecule has 14 heavy (non-hydrogen) atoms. The van der Waals surface area contributed by atoms with E-state index in [0.717, 1.165) is 16.8 Å². The van der Waals surface area contributed by atoms with Crippen LogP contribution in [0.4, 0.5) is 5.82 Å². The van der Waals surface area contributed by atoms with E-state index in [4.69, 9.17) is 10.3 Å². The van der Waals surface area contributed by atoms with E-state index in [-0.39, 0.29) is 6.04 Å². The predicted molar refractivity (Wildman–Crippen MR) is 53.9 cm³/mol. The lowest BCUT2D eigenvalue weighted by molar-refractivity contribution is 0.456. The van der Waals surface area contributed by atoms with Crippen molar-refractivity contribution in [3.63, 3.8) is 0 Å². The average molecular weight is 192 g/mol. The molecule has 1 atom stereocenters. The van der Waals surface area contributed by atoms with Crippen LogP contribution in [0.15, 0.2) is 23.0 Å². The maximum absolute atomic E-state index is 5.51. The Labute approximate surface area is 81.3 Å². The van der Waals surface area contributed by atoms with Gasteiger partial charge in [-0.3, -0.25) is 0 Å². The Hall–Kier alpha value is -1.62. The number of anilines is 1. The van der Waals surface area contributed by atoms with Crippen molar-refractivity contribution in [1.29, 1.82) is 0 Å². The number of pyridine rings is 1. The predicted octanol–water partition coefficient (Wildman–Crippen LogP) is 0.982. The fourth-order valence-electron chi connectivity index (χ4n) is 1.20. The van der Waals surface area contributed by atoms with Crippen LogP contribution in [-0.2, 0) is 0 Å². The number of rotatable bonds is 3. The first-order valence-electron chi connectivity index (χ1n) is 4.47. The molecule has 2 aromatic rings. The Morgan fingerprint density at radius 2 is 2.50 bits per heavy atom. The Balaban J connectivity index is 2.36. The molecule has 2 aromatic heterocycles. The van der Waals surface area contributed by atoms with Gasteiger partial charge in [-0.2, -0.15) is 0 Å². The highest BCUT2D eigenvalue weighted by Gasteiger charge is 2.07. The normalized spacial score (nSPS) is 13.0. The summed E-state index contributed by atoms with van der Waals surface area (Å²) in [6.45, 7) is 2.55. The van der Waals surface area contributed by atoms with Crippen LogP contribution in [0.1, 0.15) is 6.92 Å². The zero-order valence-corrected chi connectivity index (χ0v) is 7.90. The van der Waals surface area contributed by atoms with E-state index in [0.29, 0.717) is 6.54 Å². The van der Waals surface area contributed by atoms with Crippen LogP contribution in [0.2, 0.25) is 0 Å². The summed E-state index contributed by atoms with van der Waals surface area (Å²) in [5, 5.41) is 7.78. The van der Waals surface area contributed by atoms with Gasteiger partial charge >= 0.3 is 0 Å². The van der Waals surface area contributed by atoms with Gasteiger partial charge in [0.25, 0.3) is 0 Å². The molecule has 0 fully saturated rings. The lowest BCUT2D eigenvalue weighted by atomic mass is 10.3. The summed E-state index contributed by atoms with van der Waals surface area (Å²) in [5.41, 5.74) is 6.24. The first-order valence-corrected chi connectivity index (χ1v) is 4.47. The minimum absolute atomic E-state index is 0.183. The quantitative estimate of drug-likeness (QED) is 0.758. The third-order valence-electron chi connectivity index (χ3n) is 2.02. The Morgan fingerprint density at radius 1 is 1.64 bits per heavy atom. The average Bonchev–Trinajstić information content (AvgIpc) is 2.66. The summed E-state index contributed by atoms with van der Waals surface area (Å²) in [4.78, 5) is 4.20. The molecule has 5 nitrogen and oxygen atoms in total. The molecule has 0 amide bonds. The smallest absolute Gasteiger partial charge is 0.172 e. The van der Waals surface area contributed by atoms with E-state index in [1.54, 1.807) is 18.5 Å². The largest absolute Gasteiger partial charge is 0.366 e. The second-order valence-electron chi connectivity index (χ2n) is 3.18. The Bertz CT molecular complexity index is 425. The van der Waals surface area contributed by atoms with Crippen molar-refractivity contribution in [2.45, 2.75) is 13.0 Å². The van der Waals surface area contributed by atoms with Gasteiger partial charge in [0.05, 0.1) is 11.6 Å². The van der Waals surface area contributed by atoms with Crippen LogP contribution in [0, 0.1) is 0 Å². The molecule has 2 rings (SSSR count).